The first kappa shape index (κ1) is 16.6. The molecule has 0 N–H and O–H groups in total. The van der Waals surface area contributed by atoms with Crippen molar-refractivity contribution in [2.45, 2.75) is 17.0 Å². The molecule has 1 aliphatic heterocycles. The van der Waals surface area contributed by atoms with Gasteiger partial charge in [-0.3, -0.25) is 0 Å². The molecule has 1 atom stereocenters. The largest absolute Gasteiger partial charge is 0.485 e. The number of rotatable bonds is 4. The first-order valence-electron chi connectivity index (χ1n) is 8.53. The highest BCUT2D eigenvalue weighted by Crippen LogP contribution is 2.36. The second-order valence-corrected chi connectivity index (χ2v) is 8.19. The van der Waals surface area contributed by atoms with Crippen LogP contribution < -0.4 is 9.47 Å². The van der Waals surface area contributed by atoms with Gasteiger partial charge in [0.05, 0.1) is 16.0 Å². The van der Waals surface area contributed by atoms with Crippen LogP contribution in [-0.4, -0.2) is 26.4 Å². The zero-order valence-electron chi connectivity index (χ0n) is 14.5. The van der Waals surface area contributed by atoms with E-state index in [4.69, 9.17) is 9.47 Å². The van der Waals surface area contributed by atoms with Gasteiger partial charge in [0.2, 0.25) is 0 Å². The maximum absolute atomic E-state index is 6.05. The molecule has 2 aromatic carbocycles. The average Bonchev–Trinajstić information content (AvgIpc) is 3.29. The zero-order chi connectivity index (χ0) is 18.2. The summed E-state index contributed by atoms with van der Waals surface area (Å²) in [6.45, 7) is 0.422. The maximum atomic E-state index is 6.05. The zero-order valence-corrected chi connectivity index (χ0v) is 16.2. The van der Waals surface area contributed by atoms with Crippen molar-refractivity contribution in [3.05, 3.63) is 59.4 Å². The average molecular weight is 396 g/mol. The number of benzene rings is 2. The molecule has 136 valence electrons. The summed E-state index contributed by atoms with van der Waals surface area (Å²) in [5.41, 5.74) is 1.04. The number of nitrogens with zero attached hydrogens (tertiary/aromatic N) is 4. The lowest BCUT2D eigenvalue weighted by molar-refractivity contribution is 0.0825. The van der Waals surface area contributed by atoms with Gasteiger partial charge in [-0.05, 0) is 24.3 Å². The molecule has 0 saturated carbocycles. The van der Waals surface area contributed by atoms with Crippen molar-refractivity contribution in [3.8, 4) is 11.5 Å². The van der Waals surface area contributed by atoms with Gasteiger partial charge in [0.1, 0.15) is 11.6 Å². The summed E-state index contributed by atoms with van der Waals surface area (Å²) in [7, 11) is 1.96. The Hall–Kier alpha value is -2.58. The summed E-state index contributed by atoms with van der Waals surface area (Å²) in [6.07, 6.45) is -0.269. The van der Waals surface area contributed by atoms with Crippen LogP contribution in [0.5, 0.6) is 11.5 Å². The molecule has 1 aliphatic rings. The number of ether oxygens (including phenoxy) is 2. The Morgan fingerprint density at radius 1 is 1.11 bits per heavy atom. The number of thiazole rings is 1. The number of hydrogen-bond acceptors (Lipinski definition) is 7. The van der Waals surface area contributed by atoms with Crippen molar-refractivity contribution in [1.29, 1.82) is 0 Å². The molecule has 0 saturated heterocycles. The van der Waals surface area contributed by atoms with E-state index in [1.807, 2.05) is 54.1 Å². The van der Waals surface area contributed by atoms with E-state index < -0.39 is 0 Å². The lowest BCUT2D eigenvalue weighted by atomic mass is 10.2. The first-order chi connectivity index (χ1) is 13.3. The van der Waals surface area contributed by atoms with Crippen LogP contribution in [-0.2, 0) is 12.8 Å². The highest BCUT2D eigenvalue weighted by molar-refractivity contribution is 7.98. The van der Waals surface area contributed by atoms with E-state index in [-0.39, 0.29) is 6.10 Å². The number of para-hydroxylation sites is 3. The van der Waals surface area contributed by atoms with E-state index in [0.717, 1.165) is 38.8 Å². The van der Waals surface area contributed by atoms with Crippen molar-refractivity contribution >= 4 is 33.3 Å². The van der Waals surface area contributed by atoms with E-state index in [9.17, 15) is 0 Å². The van der Waals surface area contributed by atoms with Crippen molar-refractivity contribution in [3.63, 3.8) is 0 Å². The van der Waals surface area contributed by atoms with Crippen molar-refractivity contribution < 1.29 is 9.47 Å². The quantitative estimate of drug-likeness (QED) is 0.481. The van der Waals surface area contributed by atoms with Gasteiger partial charge in [0.25, 0.3) is 0 Å². The molecule has 4 aromatic rings. The van der Waals surface area contributed by atoms with Crippen molar-refractivity contribution in [1.82, 2.24) is 19.7 Å². The highest BCUT2D eigenvalue weighted by Gasteiger charge is 2.27. The highest BCUT2D eigenvalue weighted by atomic mass is 32.2. The topological polar surface area (TPSA) is 62.1 Å². The van der Waals surface area contributed by atoms with Crippen LogP contribution in [0, 0.1) is 0 Å². The summed E-state index contributed by atoms with van der Waals surface area (Å²) < 4.78 is 15.0. The monoisotopic (exact) mass is 396 g/mol. The van der Waals surface area contributed by atoms with Crippen LogP contribution in [0.2, 0.25) is 0 Å². The van der Waals surface area contributed by atoms with Gasteiger partial charge >= 0.3 is 0 Å². The molecule has 0 fully saturated rings. The lowest BCUT2D eigenvalue weighted by Crippen LogP contribution is -2.24. The fraction of sp³-hybridized carbons (Fsp3) is 0.211. The van der Waals surface area contributed by atoms with Gasteiger partial charge in [0.15, 0.2) is 28.6 Å². The molecule has 0 amide bonds. The van der Waals surface area contributed by atoms with E-state index in [0.29, 0.717) is 6.61 Å². The van der Waals surface area contributed by atoms with Gasteiger partial charge in [-0.2, -0.15) is 0 Å². The normalized spacial score (nSPS) is 16.0. The Bertz CT molecular complexity index is 1070. The number of aromatic nitrogens is 4. The van der Waals surface area contributed by atoms with Gasteiger partial charge < -0.3 is 14.0 Å². The van der Waals surface area contributed by atoms with Crippen LogP contribution >= 0.6 is 23.1 Å². The summed E-state index contributed by atoms with van der Waals surface area (Å²) in [5, 5.41) is 10.6. The number of thioether (sulfide) groups is 1. The second-order valence-electron chi connectivity index (χ2n) is 6.13. The van der Waals surface area contributed by atoms with E-state index >= 15 is 0 Å². The smallest absolute Gasteiger partial charge is 0.192 e. The second kappa shape index (κ2) is 6.86. The van der Waals surface area contributed by atoms with Gasteiger partial charge in [0, 0.05) is 7.05 Å². The molecule has 0 spiro atoms. The molecule has 8 heteroatoms. The van der Waals surface area contributed by atoms with Gasteiger partial charge in [-0.25, -0.2) is 4.98 Å². The first-order valence-corrected chi connectivity index (χ1v) is 10.3. The minimum Gasteiger partial charge on any atom is -0.485 e. The minimum atomic E-state index is -0.269. The molecule has 5 rings (SSSR count). The van der Waals surface area contributed by atoms with Gasteiger partial charge in [-0.1, -0.05) is 36.0 Å². The minimum absolute atomic E-state index is 0.269. The Morgan fingerprint density at radius 3 is 2.81 bits per heavy atom. The molecule has 2 aromatic heterocycles. The third-order valence-electron chi connectivity index (χ3n) is 4.33. The Morgan fingerprint density at radius 2 is 1.93 bits per heavy atom. The third kappa shape index (κ3) is 3.15. The Labute approximate surface area is 164 Å². The molecule has 0 bridgehead atoms. The van der Waals surface area contributed by atoms with E-state index in [2.05, 4.69) is 21.2 Å². The number of fused-ring (bicyclic) bond motifs is 2. The van der Waals surface area contributed by atoms with Crippen molar-refractivity contribution in [2.75, 3.05) is 6.61 Å². The summed E-state index contributed by atoms with van der Waals surface area (Å²) in [4.78, 5) is 4.67. The molecule has 27 heavy (non-hydrogen) atoms. The Balaban J connectivity index is 1.32. The SMILES string of the molecule is Cn1c(SCc2nc3ccccc3s2)nnc1C1COc2ccccc2O1. The molecule has 0 radical (unpaired) electrons. The summed E-state index contributed by atoms with van der Waals surface area (Å²) in [5.74, 6) is 3.02. The Kier molecular flexibility index (Phi) is 4.21. The summed E-state index contributed by atoms with van der Waals surface area (Å²) >= 11 is 3.34. The maximum Gasteiger partial charge on any atom is 0.192 e. The van der Waals surface area contributed by atoms with Crippen LogP contribution in [0.3, 0.4) is 0 Å². The number of hydrogen-bond donors (Lipinski definition) is 0. The molecule has 3 heterocycles. The van der Waals surface area contributed by atoms with Crippen LogP contribution in [0.4, 0.5) is 0 Å². The van der Waals surface area contributed by atoms with Crippen LogP contribution in [0.1, 0.15) is 16.9 Å². The standard InChI is InChI=1S/C19H16N4O2S2/c1-23-18(15-10-24-13-7-3-4-8-14(13)25-15)21-22-19(23)26-11-17-20-12-6-2-5-9-16(12)27-17/h2-9,15H,10-11H2,1H3. The van der Waals surface area contributed by atoms with E-state index in [1.165, 1.54) is 4.70 Å². The predicted octanol–water partition coefficient (Wildman–Crippen LogP) is 4.23. The fourth-order valence-corrected chi connectivity index (χ4v) is 4.86. The van der Waals surface area contributed by atoms with Crippen LogP contribution in [0.15, 0.2) is 53.7 Å². The fourth-order valence-electron chi connectivity index (χ4n) is 2.99. The van der Waals surface area contributed by atoms with Crippen molar-refractivity contribution in [2.24, 2.45) is 7.05 Å². The van der Waals surface area contributed by atoms with E-state index in [1.54, 1.807) is 23.1 Å². The molecule has 0 aliphatic carbocycles. The predicted molar refractivity (Wildman–Crippen MR) is 105 cm³/mol. The lowest BCUT2D eigenvalue weighted by Gasteiger charge is -2.25. The third-order valence-corrected chi connectivity index (χ3v) is 6.58. The molecular formula is C19H16N4O2S2. The molecule has 1 unspecified atom stereocenters. The molecule has 6 nitrogen and oxygen atoms in total. The summed E-state index contributed by atoms with van der Waals surface area (Å²) in [6, 6.07) is 15.9. The van der Waals surface area contributed by atoms with Crippen LogP contribution in [0.25, 0.3) is 10.2 Å². The van der Waals surface area contributed by atoms with Gasteiger partial charge in [-0.15, -0.1) is 21.5 Å². The molecular weight excluding hydrogens is 380 g/mol.